The summed E-state index contributed by atoms with van der Waals surface area (Å²) in [6.07, 6.45) is -7.59. The van der Waals surface area contributed by atoms with Gasteiger partial charge in [-0.15, -0.1) is 0 Å². The van der Waals surface area contributed by atoms with Crippen LogP contribution in [0.3, 0.4) is 0 Å². The lowest BCUT2D eigenvalue weighted by molar-refractivity contribution is -0.143. The van der Waals surface area contributed by atoms with Crippen molar-refractivity contribution in [2.45, 2.75) is 208 Å². The first kappa shape index (κ1) is 76.4. The molecule has 4 aromatic carbocycles. The van der Waals surface area contributed by atoms with E-state index in [4.69, 9.17) is 18.9 Å². The van der Waals surface area contributed by atoms with Gasteiger partial charge in [-0.2, -0.15) is 0 Å². The van der Waals surface area contributed by atoms with Crippen LogP contribution in [0.25, 0.3) is 0 Å². The number of carboxylic acids is 4. The Morgan fingerprint density at radius 3 is 0.521 bits per heavy atom. The van der Waals surface area contributed by atoms with Crippen molar-refractivity contribution < 1.29 is 96.9 Å². The molecule has 28 nitrogen and oxygen atoms in total. The van der Waals surface area contributed by atoms with Gasteiger partial charge < -0.3 is 80.2 Å². The number of amides is 8. The molecule has 28 heteroatoms. The van der Waals surface area contributed by atoms with Crippen LogP contribution in [0.15, 0.2) is 97.1 Å². The van der Waals surface area contributed by atoms with E-state index in [1.165, 1.54) is 19.6 Å². The average Bonchev–Trinajstić information content (AvgIpc) is 0.854. The number of alkyl carbamates (subject to hydrolysis) is 4. The fourth-order valence-electron chi connectivity index (χ4n) is 9.79. The molecule has 8 amide bonds. The van der Waals surface area contributed by atoms with Crippen molar-refractivity contribution in [1.29, 1.82) is 0 Å². The lowest BCUT2D eigenvalue weighted by Gasteiger charge is -2.30. The molecule has 8 N–H and O–H groups in total. The van der Waals surface area contributed by atoms with Gasteiger partial charge in [0.2, 0.25) is 23.6 Å². The molecular formula is C68H88N8O20. The Morgan fingerprint density at radius 1 is 0.292 bits per heavy atom. The molecule has 0 aliphatic carbocycles. The van der Waals surface area contributed by atoms with Gasteiger partial charge in [-0.05, 0) is 128 Å². The fourth-order valence-corrected chi connectivity index (χ4v) is 9.79. The van der Waals surface area contributed by atoms with E-state index in [-0.39, 0.29) is 52.4 Å². The average molecular weight is 1340 g/mol. The molecule has 4 atom stereocenters. The molecule has 11 rings (SSSR count). The molecule has 0 unspecified atom stereocenters. The number of aliphatic carboxylic acids is 4. The zero-order valence-corrected chi connectivity index (χ0v) is 56.1. The smallest absolute Gasteiger partial charge is 0.408 e. The Hall–Kier alpha value is -10.3. The molecule has 7 aliphatic heterocycles. The highest BCUT2D eigenvalue weighted by Crippen LogP contribution is 2.24. The quantitative estimate of drug-likeness (QED) is 0.0501. The second-order valence-corrected chi connectivity index (χ2v) is 27.2. The second-order valence-electron chi connectivity index (χ2n) is 27.2. The van der Waals surface area contributed by atoms with Gasteiger partial charge >= 0.3 is 48.3 Å². The normalized spacial score (nSPS) is 14.7. The highest BCUT2D eigenvalue weighted by molar-refractivity contribution is 5.92. The SMILES string of the molecule is CC(C)(C)OC(=O)N[C@H](CC(=O)O)C(=O)N1Cc2ccc(cc2)CN(C(=O)[C@@H](CC(=O)O)NC(=O)OC(C)(C)C)Cc2ccc(cc2)CN(C(=O)[C@@H](CC(=O)O)NC(=O)OC(C)(C)C)Cc2ccc(cc2)CN(C(=O)[C@@H](CC(=O)O)NC(=O)OC(C)(C)C)Cc2ccc(cc2)C1. The number of nitrogens with one attached hydrogen (secondary N) is 4. The minimum Gasteiger partial charge on any atom is -0.481 e. The summed E-state index contributed by atoms with van der Waals surface area (Å²) < 4.78 is 21.6. The number of carboxylic acid groups (broad SMARTS) is 4. The minimum atomic E-state index is -1.64. The summed E-state index contributed by atoms with van der Waals surface area (Å²) in [5, 5.41) is 49.7. The van der Waals surface area contributed by atoms with Gasteiger partial charge in [0, 0.05) is 52.4 Å². The molecular weight excluding hydrogens is 1250 g/mol. The Labute approximate surface area is 556 Å². The molecule has 4 aromatic rings. The zero-order chi connectivity index (χ0) is 71.6. The molecule has 0 saturated carbocycles. The van der Waals surface area contributed by atoms with E-state index in [9.17, 15) is 78.0 Å². The standard InChI is InChI=1S/C68H88N8O20/c1-65(2,3)93-61(89)69-49(29-53(77)78)57(85)73-33-41-13-17-43(18-14-41)35-74(58(86)50(30-54(79)80)70-62(90)94-66(4,5)6)37-45-21-25-47(26-22-45)39-76(60(88)52(32-56(83)84)72-64(92)96-68(10,11)12)40-48-27-23-46(24-28-48)38-75(36-44-19-15-42(34-73)16-20-44)59(87)51(31-55(81)82)71-63(91)95-67(7,8)9/h13-28,49-52H,29-40H2,1-12H3,(H,69,89)(H,70,90)(H,71,91)(H,72,92)(H,77,78)(H,79,80)(H,81,82)(H,83,84)/t49-,50-,51-,52-/m1/s1. The number of hydrogen-bond donors (Lipinski definition) is 8. The van der Waals surface area contributed by atoms with Gasteiger partial charge in [0.15, 0.2) is 0 Å². The van der Waals surface area contributed by atoms with E-state index in [0.29, 0.717) is 44.5 Å². The Bertz CT molecular complexity index is 2890. The Balaban J connectivity index is 1.70. The summed E-state index contributed by atoms with van der Waals surface area (Å²) in [7, 11) is 0. The predicted octanol–water partition coefficient (Wildman–Crippen LogP) is 7.59. The van der Waals surface area contributed by atoms with Crippen molar-refractivity contribution in [2.24, 2.45) is 0 Å². The maximum absolute atomic E-state index is 14.7. The lowest BCUT2D eigenvalue weighted by Crippen LogP contribution is -2.50. The monoisotopic (exact) mass is 1340 g/mol. The van der Waals surface area contributed by atoms with Gasteiger partial charge in [0.05, 0.1) is 25.7 Å². The Kier molecular flexibility index (Phi) is 26.4. The molecule has 0 radical (unpaired) electrons. The van der Waals surface area contributed by atoms with Gasteiger partial charge in [-0.25, -0.2) is 19.2 Å². The van der Waals surface area contributed by atoms with Gasteiger partial charge in [0.25, 0.3) is 0 Å². The van der Waals surface area contributed by atoms with Crippen molar-refractivity contribution in [3.63, 3.8) is 0 Å². The maximum atomic E-state index is 14.7. The van der Waals surface area contributed by atoms with E-state index >= 15 is 0 Å². The van der Waals surface area contributed by atoms with E-state index in [0.717, 1.165) is 0 Å². The molecule has 0 fully saturated rings. The van der Waals surface area contributed by atoms with Crippen LogP contribution in [0.1, 0.15) is 153 Å². The fraction of sp³-hybridized carbons (Fsp3) is 0.471. The second kappa shape index (κ2) is 33.2. The summed E-state index contributed by atoms with van der Waals surface area (Å²) in [4.78, 5) is 166. The predicted molar refractivity (Wildman–Crippen MR) is 344 cm³/mol. The summed E-state index contributed by atoms with van der Waals surface area (Å²) in [6, 6.07) is 19.6. The van der Waals surface area contributed by atoms with Crippen LogP contribution in [0.4, 0.5) is 19.2 Å². The maximum Gasteiger partial charge on any atom is 0.408 e. The largest absolute Gasteiger partial charge is 0.481 e. The van der Waals surface area contributed by atoms with Crippen molar-refractivity contribution in [3.8, 4) is 0 Å². The van der Waals surface area contributed by atoms with Gasteiger partial charge in [-0.1, -0.05) is 97.1 Å². The molecule has 96 heavy (non-hydrogen) atoms. The molecule has 8 bridgehead atoms. The van der Waals surface area contributed by atoms with Crippen LogP contribution >= 0.6 is 0 Å². The molecule has 0 saturated heterocycles. The highest BCUT2D eigenvalue weighted by Gasteiger charge is 2.36. The zero-order valence-electron chi connectivity index (χ0n) is 56.1. The number of hydrogen-bond acceptors (Lipinski definition) is 16. The molecule has 7 heterocycles. The third kappa shape index (κ3) is 27.0. The Morgan fingerprint density at radius 2 is 0.417 bits per heavy atom. The third-order valence-corrected chi connectivity index (χ3v) is 13.8. The first-order chi connectivity index (χ1) is 44.5. The van der Waals surface area contributed by atoms with Crippen LogP contribution < -0.4 is 21.3 Å². The summed E-state index contributed by atoms with van der Waals surface area (Å²) in [5.41, 5.74) is -0.283. The van der Waals surface area contributed by atoms with E-state index in [2.05, 4.69) is 21.3 Å². The highest BCUT2D eigenvalue weighted by atomic mass is 16.6. The number of benzene rings is 4. The van der Waals surface area contributed by atoms with Crippen LogP contribution in [0, 0.1) is 0 Å². The number of nitrogens with zero attached hydrogens (tertiary/aromatic N) is 4. The summed E-state index contributed by atoms with van der Waals surface area (Å²) >= 11 is 0. The van der Waals surface area contributed by atoms with Gasteiger partial charge in [-0.3, -0.25) is 38.4 Å². The number of rotatable bonds is 16. The summed E-state index contributed by atoms with van der Waals surface area (Å²) in [5.74, 6) is -8.93. The topological polar surface area (TPSA) is 384 Å². The van der Waals surface area contributed by atoms with E-state index in [1.807, 2.05) is 0 Å². The summed E-state index contributed by atoms with van der Waals surface area (Å²) in [6.45, 7) is 17.5. The molecule has 0 aromatic heterocycles. The van der Waals surface area contributed by atoms with Crippen LogP contribution in [-0.2, 0) is 110 Å². The third-order valence-electron chi connectivity index (χ3n) is 13.8. The van der Waals surface area contributed by atoms with E-state index < -0.39 is 144 Å². The first-order valence-corrected chi connectivity index (χ1v) is 30.9. The van der Waals surface area contributed by atoms with Crippen LogP contribution in [-0.4, -0.2) is 158 Å². The number of carbonyl (C=O) groups is 12. The first-order valence-electron chi connectivity index (χ1n) is 30.9. The molecule has 7 aliphatic rings. The van der Waals surface area contributed by atoms with E-state index in [1.54, 1.807) is 180 Å². The van der Waals surface area contributed by atoms with Crippen LogP contribution in [0.2, 0.25) is 0 Å². The van der Waals surface area contributed by atoms with Crippen LogP contribution in [0.5, 0.6) is 0 Å². The van der Waals surface area contributed by atoms with Crippen molar-refractivity contribution >= 4 is 71.9 Å². The van der Waals surface area contributed by atoms with Crippen molar-refractivity contribution in [2.75, 3.05) is 0 Å². The number of ether oxygens (including phenoxy) is 4. The van der Waals surface area contributed by atoms with Gasteiger partial charge in [0.1, 0.15) is 46.6 Å². The van der Waals surface area contributed by atoms with Crippen molar-refractivity contribution in [1.82, 2.24) is 40.9 Å². The minimum absolute atomic E-state index is 0.192. The lowest BCUT2D eigenvalue weighted by atomic mass is 10.0. The molecule has 0 spiro atoms. The van der Waals surface area contributed by atoms with Crippen molar-refractivity contribution in [3.05, 3.63) is 142 Å². The number of carbonyl (C=O) groups excluding carboxylic acids is 8. The molecule has 520 valence electrons.